The standard InChI is InChI=1S/C21H28N4O3/c1-2-28-19-8-7-18(13-16(19)14-22)24-21(27)23-17-9-11-25(12-10-17)20(26)15-5-3-4-6-15/h7-8,13,15,17H,2-6,9-12H2,1H3,(H2,23,24,27). The Labute approximate surface area is 166 Å². The average Bonchev–Trinajstić information content (AvgIpc) is 3.24. The number of piperidine rings is 1. The van der Waals surface area contributed by atoms with Gasteiger partial charge >= 0.3 is 6.03 Å². The molecule has 1 aromatic carbocycles. The van der Waals surface area contributed by atoms with Crippen LogP contribution < -0.4 is 15.4 Å². The summed E-state index contributed by atoms with van der Waals surface area (Å²) >= 11 is 0. The van der Waals surface area contributed by atoms with Crippen molar-refractivity contribution < 1.29 is 14.3 Å². The van der Waals surface area contributed by atoms with Gasteiger partial charge in [-0.15, -0.1) is 0 Å². The molecule has 1 aromatic rings. The molecule has 0 radical (unpaired) electrons. The van der Waals surface area contributed by atoms with Crippen molar-refractivity contribution in [1.29, 1.82) is 5.26 Å². The van der Waals surface area contributed by atoms with Crippen molar-refractivity contribution in [3.63, 3.8) is 0 Å². The fourth-order valence-electron chi connectivity index (χ4n) is 4.00. The van der Waals surface area contributed by atoms with Crippen molar-refractivity contribution in [3.8, 4) is 11.8 Å². The van der Waals surface area contributed by atoms with Crippen molar-refractivity contribution in [1.82, 2.24) is 10.2 Å². The lowest BCUT2D eigenvalue weighted by Crippen LogP contribution is -2.48. The van der Waals surface area contributed by atoms with Gasteiger partial charge in [0.2, 0.25) is 5.91 Å². The molecule has 150 valence electrons. The minimum atomic E-state index is -0.298. The van der Waals surface area contributed by atoms with Crippen molar-refractivity contribution in [2.45, 2.75) is 51.5 Å². The molecule has 3 rings (SSSR count). The zero-order chi connectivity index (χ0) is 19.9. The lowest BCUT2D eigenvalue weighted by atomic mass is 10.0. The number of hydrogen-bond acceptors (Lipinski definition) is 4. The van der Waals surface area contributed by atoms with Crippen LogP contribution in [0.1, 0.15) is 51.0 Å². The Hall–Kier alpha value is -2.75. The van der Waals surface area contributed by atoms with Crippen molar-refractivity contribution in [3.05, 3.63) is 23.8 Å². The molecule has 7 nitrogen and oxygen atoms in total. The zero-order valence-corrected chi connectivity index (χ0v) is 16.4. The average molecular weight is 384 g/mol. The van der Waals surface area contributed by atoms with Crippen LogP contribution in [0.2, 0.25) is 0 Å². The van der Waals surface area contributed by atoms with Crippen LogP contribution in [-0.2, 0) is 4.79 Å². The molecule has 1 saturated carbocycles. The fraction of sp³-hybridized carbons (Fsp3) is 0.571. The molecular formula is C21H28N4O3. The second kappa shape index (κ2) is 9.45. The van der Waals surface area contributed by atoms with Gasteiger partial charge in [0.05, 0.1) is 12.2 Å². The first-order valence-corrected chi connectivity index (χ1v) is 10.1. The number of amides is 3. The van der Waals surface area contributed by atoms with Crippen LogP contribution in [-0.4, -0.2) is 42.6 Å². The van der Waals surface area contributed by atoms with Gasteiger partial charge < -0.3 is 20.3 Å². The summed E-state index contributed by atoms with van der Waals surface area (Å²) < 4.78 is 5.39. The Bertz CT molecular complexity index is 745. The maximum absolute atomic E-state index is 12.5. The molecule has 1 saturated heterocycles. The zero-order valence-electron chi connectivity index (χ0n) is 16.4. The summed E-state index contributed by atoms with van der Waals surface area (Å²) in [7, 11) is 0. The van der Waals surface area contributed by atoms with E-state index in [0.29, 0.717) is 42.6 Å². The van der Waals surface area contributed by atoms with E-state index in [2.05, 4.69) is 16.7 Å². The van der Waals surface area contributed by atoms with Crippen LogP contribution in [0.25, 0.3) is 0 Å². The number of nitrogens with one attached hydrogen (secondary N) is 2. The third-order valence-electron chi connectivity index (χ3n) is 5.50. The monoisotopic (exact) mass is 384 g/mol. The molecule has 2 N–H and O–H groups in total. The summed E-state index contributed by atoms with van der Waals surface area (Å²) in [5.74, 6) is 1.01. The summed E-state index contributed by atoms with van der Waals surface area (Å²) in [6.07, 6.45) is 5.89. The maximum atomic E-state index is 12.5. The minimum absolute atomic E-state index is 0.0470. The van der Waals surface area contributed by atoms with Crippen molar-refractivity contribution in [2.24, 2.45) is 5.92 Å². The number of urea groups is 1. The van der Waals surface area contributed by atoms with Gasteiger partial charge in [0.1, 0.15) is 11.8 Å². The number of likely N-dealkylation sites (tertiary alicyclic amines) is 1. The van der Waals surface area contributed by atoms with Gasteiger partial charge in [-0.2, -0.15) is 5.26 Å². The molecule has 1 heterocycles. The molecular weight excluding hydrogens is 356 g/mol. The van der Waals surface area contributed by atoms with Gasteiger partial charge in [-0.3, -0.25) is 4.79 Å². The smallest absolute Gasteiger partial charge is 0.319 e. The van der Waals surface area contributed by atoms with E-state index in [1.165, 1.54) is 0 Å². The van der Waals surface area contributed by atoms with Gasteiger partial charge in [-0.25, -0.2) is 4.79 Å². The Balaban J connectivity index is 1.47. The Morgan fingerprint density at radius 1 is 1.21 bits per heavy atom. The summed E-state index contributed by atoms with van der Waals surface area (Å²) in [4.78, 5) is 26.7. The van der Waals surface area contributed by atoms with Crippen molar-refractivity contribution in [2.75, 3.05) is 25.0 Å². The SMILES string of the molecule is CCOc1ccc(NC(=O)NC2CCN(C(=O)C3CCCC3)CC2)cc1C#N. The molecule has 0 atom stereocenters. The lowest BCUT2D eigenvalue weighted by Gasteiger charge is -2.33. The van der Waals surface area contributed by atoms with Gasteiger partial charge in [0, 0.05) is 30.7 Å². The van der Waals surface area contributed by atoms with Gasteiger partial charge in [0.15, 0.2) is 0 Å². The number of nitriles is 1. The number of ether oxygens (including phenoxy) is 1. The molecule has 2 fully saturated rings. The summed E-state index contributed by atoms with van der Waals surface area (Å²) in [6.45, 7) is 3.72. The lowest BCUT2D eigenvalue weighted by molar-refractivity contribution is -0.136. The van der Waals surface area contributed by atoms with Crippen LogP contribution >= 0.6 is 0 Å². The largest absolute Gasteiger partial charge is 0.492 e. The van der Waals surface area contributed by atoms with Crippen LogP contribution in [0.3, 0.4) is 0 Å². The van der Waals surface area contributed by atoms with E-state index in [4.69, 9.17) is 4.74 Å². The minimum Gasteiger partial charge on any atom is -0.492 e. The summed E-state index contributed by atoms with van der Waals surface area (Å²) in [5.41, 5.74) is 0.935. The number of hydrogen-bond donors (Lipinski definition) is 2. The predicted octanol–water partition coefficient (Wildman–Crippen LogP) is 3.26. The van der Waals surface area contributed by atoms with Crippen LogP contribution in [0, 0.1) is 17.2 Å². The molecule has 1 aliphatic heterocycles. The highest BCUT2D eigenvalue weighted by Crippen LogP contribution is 2.27. The predicted molar refractivity (Wildman–Crippen MR) is 106 cm³/mol. The highest BCUT2D eigenvalue weighted by molar-refractivity contribution is 5.89. The molecule has 0 unspecified atom stereocenters. The van der Waals surface area contributed by atoms with Gasteiger partial charge in [-0.1, -0.05) is 12.8 Å². The van der Waals surface area contributed by atoms with Gasteiger partial charge in [0.25, 0.3) is 0 Å². The Morgan fingerprint density at radius 3 is 2.57 bits per heavy atom. The number of benzene rings is 1. The molecule has 0 spiro atoms. The third kappa shape index (κ3) is 4.94. The second-order valence-electron chi connectivity index (χ2n) is 7.44. The molecule has 7 heteroatoms. The summed E-state index contributed by atoms with van der Waals surface area (Å²) in [5, 5.41) is 15.0. The quantitative estimate of drug-likeness (QED) is 0.815. The number of carbonyl (C=O) groups excluding carboxylic acids is 2. The maximum Gasteiger partial charge on any atom is 0.319 e. The second-order valence-corrected chi connectivity index (χ2v) is 7.44. The third-order valence-corrected chi connectivity index (χ3v) is 5.50. The summed E-state index contributed by atoms with van der Waals surface area (Å²) in [6, 6.07) is 6.84. The molecule has 0 bridgehead atoms. The van der Waals surface area contributed by atoms with Crippen LogP contribution in [0.15, 0.2) is 18.2 Å². The van der Waals surface area contributed by atoms with Crippen LogP contribution in [0.5, 0.6) is 5.75 Å². The first-order valence-electron chi connectivity index (χ1n) is 10.1. The van der Waals surface area contributed by atoms with E-state index in [1.54, 1.807) is 18.2 Å². The van der Waals surface area contributed by atoms with E-state index in [0.717, 1.165) is 38.5 Å². The molecule has 2 aliphatic rings. The van der Waals surface area contributed by atoms with E-state index in [1.807, 2.05) is 11.8 Å². The van der Waals surface area contributed by atoms with Crippen molar-refractivity contribution >= 4 is 17.6 Å². The van der Waals surface area contributed by atoms with E-state index in [-0.39, 0.29) is 18.0 Å². The topological polar surface area (TPSA) is 94.5 Å². The number of carbonyl (C=O) groups is 2. The van der Waals surface area contributed by atoms with Crippen LogP contribution in [0.4, 0.5) is 10.5 Å². The Morgan fingerprint density at radius 2 is 1.93 bits per heavy atom. The Kier molecular flexibility index (Phi) is 6.75. The van der Waals surface area contributed by atoms with E-state index < -0.39 is 0 Å². The molecule has 1 aliphatic carbocycles. The van der Waals surface area contributed by atoms with E-state index in [9.17, 15) is 14.9 Å². The highest BCUT2D eigenvalue weighted by atomic mass is 16.5. The number of rotatable bonds is 5. The first kappa shape index (κ1) is 20.0. The normalized spacial score (nSPS) is 17.8. The number of nitrogens with zero attached hydrogens (tertiary/aromatic N) is 2. The number of anilines is 1. The fourth-order valence-corrected chi connectivity index (χ4v) is 4.00. The highest BCUT2D eigenvalue weighted by Gasteiger charge is 2.30. The molecule has 28 heavy (non-hydrogen) atoms. The first-order chi connectivity index (χ1) is 13.6. The molecule has 3 amide bonds. The van der Waals surface area contributed by atoms with Gasteiger partial charge in [-0.05, 0) is 50.8 Å². The molecule has 0 aromatic heterocycles. The van der Waals surface area contributed by atoms with E-state index >= 15 is 0 Å².